The fourth-order valence-corrected chi connectivity index (χ4v) is 3.14. The van der Waals surface area contributed by atoms with E-state index in [1.165, 1.54) is 0 Å². The lowest BCUT2D eigenvalue weighted by Gasteiger charge is -2.06. The Morgan fingerprint density at radius 2 is 2.07 bits per heavy atom. The van der Waals surface area contributed by atoms with Gasteiger partial charge in [0.1, 0.15) is 23.0 Å². The molecule has 0 radical (unpaired) electrons. The number of carbonyl (C=O) groups is 1. The van der Waals surface area contributed by atoms with Gasteiger partial charge in [-0.3, -0.25) is 4.79 Å². The summed E-state index contributed by atoms with van der Waals surface area (Å²) in [5, 5.41) is 20.8. The van der Waals surface area contributed by atoms with E-state index in [0.29, 0.717) is 53.5 Å². The van der Waals surface area contributed by atoms with Gasteiger partial charge in [-0.25, -0.2) is 4.68 Å². The smallest absolute Gasteiger partial charge is 0.256 e. The summed E-state index contributed by atoms with van der Waals surface area (Å²) in [5.41, 5.74) is 8.97. The Labute approximate surface area is 169 Å². The first-order chi connectivity index (χ1) is 13.9. The highest BCUT2D eigenvalue weighted by molar-refractivity contribution is 5.96. The number of anilines is 1. The maximum absolute atomic E-state index is 12.5. The summed E-state index contributed by atoms with van der Waals surface area (Å²) in [6, 6.07) is 11.6. The summed E-state index contributed by atoms with van der Waals surface area (Å²) in [5.74, 6) is 0.767. The van der Waals surface area contributed by atoms with Crippen LogP contribution in [0, 0.1) is 18.3 Å². The van der Waals surface area contributed by atoms with E-state index in [4.69, 9.17) is 10.3 Å². The Kier molecular flexibility index (Phi) is 5.98. The second-order valence-electron chi connectivity index (χ2n) is 7.09. The van der Waals surface area contributed by atoms with E-state index in [1.54, 1.807) is 11.6 Å². The number of nitriles is 1. The third-order valence-electron chi connectivity index (χ3n) is 4.62. The Morgan fingerprint density at radius 1 is 1.34 bits per heavy atom. The highest BCUT2D eigenvalue weighted by Crippen LogP contribution is 2.23. The molecule has 3 N–H and O–H groups in total. The van der Waals surface area contributed by atoms with E-state index in [0.717, 1.165) is 5.69 Å². The van der Waals surface area contributed by atoms with Crippen LogP contribution in [0.4, 0.5) is 5.82 Å². The molecule has 0 aliphatic heterocycles. The number of amides is 1. The van der Waals surface area contributed by atoms with Crippen LogP contribution < -0.4 is 11.1 Å². The number of nitrogen functional groups attached to an aromatic ring is 1. The number of aryl methyl sites for hydroxylation is 2. The van der Waals surface area contributed by atoms with Gasteiger partial charge in [-0.15, -0.1) is 0 Å². The van der Waals surface area contributed by atoms with Crippen molar-refractivity contribution in [2.45, 2.75) is 39.5 Å². The Bertz CT molecular complexity index is 1040. The van der Waals surface area contributed by atoms with Gasteiger partial charge >= 0.3 is 0 Å². The number of nitrogens with zero attached hydrogens (tertiary/aromatic N) is 4. The predicted molar refractivity (Wildman–Crippen MR) is 109 cm³/mol. The highest BCUT2D eigenvalue weighted by atomic mass is 16.5. The van der Waals surface area contributed by atoms with Gasteiger partial charge in [0.25, 0.3) is 5.91 Å². The molecule has 8 nitrogen and oxygen atoms in total. The molecule has 2 heterocycles. The number of para-hydroxylation sites is 1. The first-order valence-electron chi connectivity index (χ1n) is 9.51. The van der Waals surface area contributed by atoms with E-state index in [2.05, 4.69) is 21.6 Å². The maximum atomic E-state index is 12.5. The van der Waals surface area contributed by atoms with E-state index in [9.17, 15) is 10.1 Å². The van der Waals surface area contributed by atoms with E-state index in [-0.39, 0.29) is 11.8 Å². The average Bonchev–Trinajstić information content (AvgIpc) is 3.25. The first kappa shape index (κ1) is 20.1. The quantitative estimate of drug-likeness (QED) is 0.596. The molecule has 29 heavy (non-hydrogen) atoms. The van der Waals surface area contributed by atoms with Crippen molar-refractivity contribution in [3.8, 4) is 11.8 Å². The minimum absolute atomic E-state index is 0.0695. The van der Waals surface area contributed by atoms with Gasteiger partial charge in [0.05, 0.1) is 17.1 Å². The van der Waals surface area contributed by atoms with Crippen LogP contribution in [-0.2, 0) is 6.42 Å². The topological polar surface area (TPSA) is 123 Å². The predicted octanol–water partition coefficient (Wildman–Crippen LogP) is 3.11. The molecule has 0 atom stereocenters. The van der Waals surface area contributed by atoms with Crippen LogP contribution in [0.25, 0.3) is 5.69 Å². The average molecular weight is 392 g/mol. The molecule has 0 aliphatic carbocycles. The fourth-order valence-electron chi connectivity index (χ4n) is 3.14. The zero-order chi connectivity index (χ0) is 21.0. The third-order valence-corrected chi connectivity index (χ3v) is 4.62. The van der Waals surface area contributed by atoms with Gasteiger partial charge in [0, 0.05) is 12.5 Å². The van der Waals surface area contributed by atoms with Crippen LogP contribution in [0.2, 0.25) is 0 Å². The van der Waals surface area contributed by atoms with Crippen molar-refractivity contribution in [3.63, 3.8) is 0 Å². The van der Waals surface area contributed by atoms with Gasteiger partial charge in [0.2, 0.25) is 0 Å². The molecule has 0 unspecified atom stereocenters. The number of hydrogen-bond acceptors (Lipinski definition) is 6. The van der Waals surface area contributed by atoms with Crippen molar-refractivity contribution < 1.29 is 9.32 Å². The van der Waals surface area contributed by atoms with Crippen molar-refractivity contribution in [3.05, 3.63) is 58.6 Å². The molecule has 150 valence electrons. The molecule has 0 saturated heterocycles. The Morgan fingerprint density at radius 3 is 2.72 bits per heavy atom. The van der Waals surface area contributed by atoms with Crippen LogP contribution >= 0.6 is 0 Å². The SMILES string of the molecule is Cc1noc(C(C)C)c1C(=O)NCCCc1nn(-c2ccccc2)c(N)c1C#N. The molecule has 0 aliphatic rings. The Hall–Kier alpha value is -3.60. The highest BCUT2D eigenvalue weighted by Gasteiger charge is 2.22. The molecule has 1 amide bonds. The molecular formula is C21H24N6O2. The van der Waals surface area contributed by atoms with Gasteiger partial charge in [-0.05, 0) is 31.9 Å². The number of aromatic nitrogens is 3. The minimum Gasteiger partial charge on any atom is -0.382 e. The van der Waals surface area contributed by atoms with Gasteiger partial charge in [-0.1, -0.05) is 37.2 Å². The van der Waals surface area contributed by atoms with Gasteiger partial charge < -0.3 is 15.6 Å². The summed E-state index contributed by atoms with van der Waals surface area (Å²) < 4.78 is 6.84. The standard InChI is InChI=1S/C21H24N6O2/c1-13(2)19-18(14(3)26-29-19)21(28)24-11-7-10-17-16(12-22)20(23)27(25-17)15-8-5-4-6-9-15/h4-6,8-9,13H,7,10-11,23H2,1-3H3,(H,24,28). The third kappa shape index (κ3) is 4.14. The van der Waals surface area contributed by atoms with Crippen molar-refractivity contribution in [1.82, 2.24) is 20.3 Å². The normalized spacial score (nSPS) is 10.9. The summed E-state index contributed by atoms with van der Waals surface area (Å²) in [6.45, 7) is 6.09. The maximum Gasteiger partial charge on any atom is 0.256 e. The summed E-state index contributed by atoms with van der Waals surface area (Å²) in [4.78, 5) is 12.5. The van der Waals surface area contributed by atoms with Crippen LogP contribution in [0.1, 0.15) is 59.3 Å². The number of nitrogens with one attached hydrogen (secondary N) is 1. The van der Waals surface area contributed by atoms with Crippen LogP contribution in [0.3, 0.4) is 0 Å². The molecule has 3 aromatic rings. The van der Waals surface area contributed by atoms with Gasteiger partial charge in [0.15, 0.2) is 5.76 Å². The zero-order valence-corrected chi connectivity index (χ0v) is 16.8. The number of benzene rings is 1. The van der Waals surface area contributed by atoms with Crippen molar-refractivity contribution in [1.29, 1.82) is 5.26 Å². The molecule has 0 saturated carbocycles. The van der Waals surface area contributed by atoms with Crippen LogP contribution in [-0.4, -0.2) is 27.4 Å². The van der Waals surface area contributed by atoms with Crippen LogP contribution in [0.5, 0.6) is 0 Å². The lowest BCUT2D eigenvalue weighted by molar-refractivity contribution is 0.0950. The molecule has 2 aromatic heterocycles. The zero-order valence-electron chi connectivity index (χ0n) is 16.8. The van der Waals surface area contributed by atoms with Crippen molar-refractivity contribution in [2.24, 2.45) is 0 Å². The molecule has 1 aromatic carbocycles. The summed E-state index contributed by atoms with van der Waals surface area (Å²) >= 11 is 0. The van der Waals surface area contributed by atoms with E-state index < -0.39 is 0 Å². The number of hydrogen-bond donors (Lipinski definition) is 2. The van der Waals surface area contributed by atoms with Gasteiger partial charge in [-0.2, -0.15) is 10.4 Å². The van der Waals surface area contributed by atoms with E-state index >= 15 is 0 Å². The molecule has 0 bridgehead atoms. The Balaban J connectivity index is 1.65. The lowest BCUT2D eigenvalue weighted by Crippen LogP contribution is -2.26. The number of carbonyl (C=O) groups excluding carboxylic acids is 1. The molecular weight excluding hydrogens is 368 g/mol. The largest absolute Gasteiger partial charge is 0.382 e. The molecule has 8 heteroatoms. The lowest BCUT2D eigenvalue weighted by atomic mass is 10.0. The van der Waals surface area contributed by atoms with Crippen LogP contribution in [0.15, 0.2) is 34.9 Å². The molecule has 0 spiro atoms. The van der Waals surface area contributed by atoms with Crippen molar-refractivity contribution in [2.75, 3.05) is 12.3 Å². The summed E-state index contributed by atoms with van der Waals surface area (Å²) in [6.07, 6.45) is 1.14. The second kappa shape index (κ2) is 8.61. The summed E-state index contributed by atoms with van der Waals surface area (Å²) in [7, 11) is 0. The van der Waals surface area contributed by atoms with Crippen molar-refractivity contribution >= 4 is 11.7 Å². The fraction of sp³-hybridized carbons (Fsp3) is 0.333. The molecule has 0 fully saturated rings. The minimum atomic E-state index is -0.206. The number of nitrogens with two attached hydrogens (primary N) is 1. The molecule has 3 rings (SSSR count). The first-order valence-corrected chi connectivity index (χ1v) is 9.51. The van der Waals surface area contributed by atoms with E-state index in [1.807, 2.05) is 44.2 Å². The monoisotopic (exact) mass is 392 g/mol. The number of rotatable bonds is 7. The second-order valence-corrected chi connectivity index (χ2v) is 7.09.